The monoisotopic (exact) mass is 300 g/mol. The predicted octanol–water partition coefficient (Wildman–Crippen LogP) is 3.32. The average Bonchev–Trinajstić information content (AvgIpc) is 2.35. The van der Waals surface area contributed by atoms with Gasteiger partial charge in [-0.3, -0.25) is 9.59 Å². The highest BCUT2D eigenvalue weighted by atomic mass is 16.2. The van der Waals surface area contributed by atoms with E-state index in [0.717, 1.165) is 24.1 Å². The lowest BCUT2D eigenvalue weighted by Gasteiger charge is -2.27. The largest absolute Gasteiger partial charge is 0.325 e. The Labute approximate surface area is 132 Å². The van der Waals surface area contributed by atoms with E-state index < -0.39 is 0 Å². The Kier molecular flexibility index (Phi) is 4.79. The fraction of sp³-hybridized carbons (Fsp3) is 0.500. The maximum Gasteiger partial charge on any atom is 0.248 e. The molecule has 1 aliphatic carbocycles. The molecule has 0 aromatic carbocycles. The molecule has 0 spiro atoms. The number of hydrogen-bond donors (Lipinski definition) is 1. The van der Waals surface area contributed by atoms with Crippen LogP contribution in [-0.4, -0.2) is 17.5 Å². The van der Waals surface area contributed by atoms with Crippen LogP contribution < -0.4 is 5.32 Å². The molecule has 0 fully saturated rings. The van der Waals surface area contributed by atoms with Crippen molar-refractivity contribution in [2.24, 2.45) is 16.3 Å². The van der Waals surface area contributed by atoms with Gasteiger partial charge in [-0.15, -0.1) is 0 Å². The van der Waals surface area contributed by atoms with Crippen LogP contribution in [0.1, 0.15) is 47.0 Å². The molecule has 1 heterocycles. The smallest absolute Gasteiger partial charge is 0.248 e. The third-order valence-corrected chi connectivity index (χ3v) is 3.56. The van der Waals surface area contributed by atoms with Crippen LogP contribution >= 0.6 is 0 Å². The van der Waals surface area contributed by atoms with E-state index in [1.165, 1.54) is 0 Å². The lowest BCUT2D eigenvalue weighted by Crippen LogP contribution is -2.33. The summed E-state index contributed by atoms with van der Waals surface area (Å²) >= 11 is 0. The lowest BCUT2D eigenvalue weighted by molar-refractivity contribution is -0.119. The molecule has 2 amide bonds. The minimum absolute atomic E-state index is 0.0781. The molecule has 1 N–H and O–H groups in total. The quantitative estimate of drug-likeness (QED) is 0.869. The number of nitrogens with one attached hydrogen (secondary N) is 1. The maximum absolute atomic E-state index is 12.0. The summed E-state index contributed by atoms with van der Waals surface area (Å²) in [5.41, 5.74) is 2.47. The van der Waals surface area contributed by atoms with Crippen molar-refractivity contribution in [2.75, 3.05) is 0 Å². The van der Waals surface area contributed by atoms with Crippen molar-refractivity contribution in [3.8, 4) is 0 Å². The predicted molar refractivity (Wildman–Crippen MR) is 88.4 cm³/mol. The van der Waals surface area contributed by atoms with Crippen LogP contribution in [0.3, 0.4) is 0 Å². The van der Waals surface area contributed by atoms with Gasteiger partial charge in [0.2, 0.25) is 11.8 Å². The van der Waals surface area contributed by atoms with E-state index >= 15 is 0 Å². The summed E-state index contributed by atoms with van der Waals surface area (Å²) in [5.74, 6) is -0.121. The summed E-state index contributed by atoms with van der Waals surface area (Å²) in [7, 11) is 0. The number of fused-ring (bicyclic) bond motifs is 1. The van der Waals surface area contributed by atoms with Crippen molar-refractivity contribution in [2.45, 2.75) is 47.0 Å². The minimum atomic E-state index is -0.131. The number of nitrogens with zero attached hydrogens (tertiary/aromatic N) is 1. The molecule has 0 aromatic heterocycles. The van der Waals surface area contributed by atoms with Gasteiger partial charge in [0.05, 0.1) is 5.71 Å². The van der Waals surface area contributed by atoms with Gasteiger partial charge in [0, 0.05) is 24.1 Å². The molecule has 22 heavy (non-hydrogen) atoms. The van der Waals surface area contributed by atoms with Crippen LogP contribution in [0.2, 0.25) is 0 Å². The molecule has 0 saturated carbocycles. The Bertz CT molecular complexity index is 601. The number of amides is 2. The average molecular weight is 300 g/mol. The van der Waals surface area contributed by atoms with Crippen molar-refractivity contribution >= 4 is 17.5 Å². The maximum atomic E-state index is 12.0. The molecule has 0 radical (unpaired) electrons. The first-order chi connectivity index (χ1) is 10.3. The van der Waals surface area contributed by atoms with Crippen LogP contribution in [0, 0.1) is 11.3 Å². The van der Waals surface area contributed by atoms with E-state index in [1.54, 1.807) is 6.08 Å². The van der Waals surface area contributed by atoms with Gasteiger partial charge < -0.3 is 5.32 Å². The van der Waals surface area contributed by atoms with Gasteiger partial charge >= 0.3 is 0 Å². The summed E-state index contributed by atoms with van der Waals surface area (Å²) < 4.78 is 0. The van der Waals surface area contributed by atoms with Crippen LogP contribution in [0.4, 0.5) is 0 Å². The highest BCUT2D eigenvalue weighted by Gasteiger charge is 2.26. The number of rotatable bonds is 3. The summed E-state index contributed by atoms with van der Waals surface area (Å²) in [4.78, 5) is 27.9. The second kappa shape index (κ2) is 6.42. The first-order valence-electron chi connectivity index (χ1n) is 7.81. The van der Waals surface area contributed by atoms with Gasteiger partial charge in [-0.25, -0.2) is 4.99 Å². The number of aliphatic imine (C=N–C) groups is 1. The Morgan fingerprint density at radius 1 is 1.32 bits per heavy atom. The molecular formula is C18H24N2O2. The highest BCUT2D eigenvalue weighted by molar-refractivity contribution is 6.11. The molecule has 1 unspecified atom stereocenters. The van der Waals surface area contributed by atoms with Crippen molar-refractivity contribution < 1.29 is 9.59 Å². The van der Waals surface area contributed by atoms with Gasteiger partial charge in [-0.1, -0.05) is 45.8 Å². The fourth-order valence-corrected chi connectivity index (χ4v) is 2.69. The summed E-state index contributed by atoms with van der Waals surface area (Å²) in [6.07, 6.45) is 9.69. The summed E-state index contributed by atoms with van der Waals surface area (Å²) in [6.45, 7) is 8.14. The zero-order valence-electron chi connectivity index (χ0n) is 13.8. The molecule has 0 bridgehead atoms. The minimum Gasteiger partial charge on any atom is -0.325 e. The van der Waals surface area contributed by atoms with Gasteiger partial charge in [0.15, 0.2) is 0 Å². The zero-order valence-corrected chi connectivity index (χ0v) is 13.8. The third kappa shape index (κ3) is 4.26. The van der Waals surface area contributed by atoms with Gasteiger partial charge in [-0.05, 0) is 24.0 Å². The van der Waals surface area contributed by atoms with E-state index in [0.29, 0.717) is 12.1 Å². The van der Waals surface area contributed by atoms with Crippen molar-refractivity contribution in [1.29, 1.82) is 0 Å². The van der Waals surface area contributed by atoms with Crippen LogP contribution in [0.25, 0.3) is 0 Å². The molecule has 0 aromatic rings. The number of hydrogen-bond acceptors (Lipinski definition) is 2. The molecular weight excluding hydrogens is 276 g/mol. The van der Waals surface area contributed by atoms with Gasteiger partial charge in [-0.2, -0.15) is 0 Å². The van der Waals surface area contributed by atoms with E-state index in [9.17, 15) is 9.59 Å². The molecule has 4 heteroatoms. The molecule has 4 nitrogen and oxygen atoms in total. The van der Waals surface area contributed by atoms with Crippen molar-refractivity contribution in [1.82, 2.24) is 5.32 Å². The number of carbonyl (C=O) groups is 2. The fourth-order valence-electron chi connectivity index (χ4n) is 2.69. The van der Waals surface area contributed by atoms with Crippen LogP contribution in [0.15, 0.2) is 40.6 Å². The highest BCUT2D eigenvalue weighted by Crippen LogP contribution is 2.30. The topological polar surface area (TPSA) is 58.5 Å². The number of allylic oxidation sites excluding steroid dienone is 3. The molecule has 1 atom stereocenters. The molecule has 2 rings (SSSR count). The van der Waals surface area contributed by atoms with Crippen LogP contribution in [0.5, 0.6) is 0 Å². The SMILES string of the molecule is CCCC1=CC(=O)NC2=CC(=NC(=O)CC(C)(C)C)C=CC12. The Hall–Kier alpha value is -1.97. The Morgan fingerprint density at radius 2 is 2.05 bits per heavy atom. The first kappa shape index (κ1) is 16.4. The van der Waals surface area contributed by atoms with Crippen molar-refractivity contribution in [3.05, 3.63) is 35.6 Å². The van der Waals surface area contributed by atoms with Crippen LogP contribution in [-0.2, 0) is 9.59 Å². The summed E-state index contributed by atoms with van der Waals surface area (Å²) in [6, 6.07) is 0. The lowest BCUT2D eigenvalue weighted by atomic mass is 9.85. The Morgan fingerprint density at radius 3 is 2.68 bits per heavy atom. The Balaban J connectivity index is 2.19. The molecule has 2 aliphatic rings. The first-order valence-corrected chi connectivity index (χ1v) is 7.81. The van der Waals surface area contributed by atoms with Crippen molar-refractivity contribution in [3.63, 3.8) is 0 Å². The number of carbonyl (C=O) groups excluding carboxylic acids is 2. The summed E-state index contributed by atoms with van der Waals surface area (Å²) in [5, 5.41) is 2.86. The second-order valence-electron chi connectivity index (χ2n) is 7.06. The normalized spacial score (nSPS) is 22.8. The second-order valence-corrected chi connectivity index (χ2v) is 7.06. The van der Waals surface area contributed by atoms with Gasteiger partial charge in [0.1, 0.15) is 0 Å². The van der Waals surface area contributed by atoms with E-state index in [-0.39, 0.29) is 23.1 Å². The van der Waals surface area contributed by atoms with E-state index in [4.69, 9.17) is 0 Å². The molecule has 0 saturated heterocycles. The standard InChI is InChI=1S/C18H24N2O2/c1-5-6-12-9-16(21)20-15-10-13(7-8-14(12)15)19-17(22)11-18(2,3)4/h7-10,14H,5-6,11H2,1-4H3,(H,20,21). The van der Waals surface area contributed by atoms with E-state index in [1.807, 2.05) is 39.0 Å². The molecule has 1 aliphatic heterocycles. The van der Waals surface area contributed by atoms with E-state index in [2.05, 4.69) is 17.2 Å². The third-order valence-electron chi connectivity index (χ3n) is 3.56. The molecule has 118 valence electrons. The zero-order chi connectivity index (χ0) is 16.3. The van der Waals surface area contributed by atoms with Gasteiger partial charge in [0.25, 0.3) is 0 Å².